The van der Waals surface area contributed by atoms with Crippen molar-refractivity contribution in [3.8, 4) is 6.07 Å². The van der Waals surface area contributed by atoms with Gasteiger partial charge < -0.3 is 19.3 Å². The Balaban J connectivity index is 1.91. The minimum absolute atomic E-state index is 0.0807. The lowest BCUT2D eigenvalue weighted by Gasteiger charge is -2.22. The van der Waals surface area contributed by atoms with Crippen molar-refractivity contribution in [2.24, 2.45) is 0 Å². The summed E-state index contributed by atoms with van der Waals surface area (Å²) < 4.78 is 7.13. The van der Waals surface area contributed by atoms with E-state index < -0.39 is 6.10 Å². The highest BCUT2D eigenvalue weighted by molar-refractivity contribution is 5.89. The van der Waals surface area contributed by atoms with Crippen molar-refractivity contribution in [1.82, 2.24) is 9.47 Å². The zero-order valence-corrected chi connectivity index (χ0v) is 13.0. The molecule has 1 fully saturated rings. The second-order valence-electron chi connectivity index (χ2n) is 5.74. The topological polar surface area (TPSA) is 78.5 Å². The SMILES string of the molecule is Cc1c(C#N)c2ccccc2n1CC(=O)N1CCOCC(O)C1. The molecule has 1 atom stereocenters. The number of carbonyl (C=O) groups is 1. The van der Waals surface area contributed by atoms with Crippen LogP contribution < -0.4 is 0 Å². The molecule has 1 amide bonds. The number of hydrogen-bond acceptors (Lipinski definition) is 4. The molecule has 0 bridgehead atoms. The fourth-order valence-electron chi connectivity index (χ4n) is 3.03. The molecule has 120 valence electrons. The summed E-state index contributed by atoms with van der Waals surface area (Å²) in [5, 5.41) is 20.0. The Kier molecular flexibility index (Phi) is 4.33. The molecule has 1 unspecified atom stereocenters. The molecule has 3 rings (SSSR count). The summed E-state index contributed by atoms with van der Waals surface area (Å²) in [4.78, 5) is 14.2. The summed E-state index contributed by atoms with van der Waals surface area (Å²) in [6, 6.07) is 9.81. The molecule has 0 radical (unpaired) electrons. The van der Waals surface area contributed by atoms with Crippen LogP contribution in [-0.2, 0) is 16.1 Å². The van der Waals surface area contributed by atoms with Crippen molar-refractivity contribution in [2.45, 2.75) is 19.6 Å². The number of nitrogens with zero attached hydrogens (tertiary/aromatic N) is 3. The van der Waals surface area contributed by atoms with Crippen LogP contribution in [0.15, 0.2) is 24.3 Å². The van der Waals surface area contributed by atoms with E-state index in [1.807, 2.05) is 35.8 Å². The van der Waals surface area contributed by atoms with Gasteiger partial charge >= 0.3 is 0 Å². The van der Waals surface area contributed by atoms with E-state index in [2.05, 4.69) is 6.07 Å². The molecule has 6 heteroatoms. The van der Waals surface area contributed by atoms with Crippen LogP contribution in [0.25, 0.3) is 10.9 Å². The molecule has 6 nitrogen and oxygen atoms in total. The van der Waals surface area contributed by atoms with Crippen molar-refractivity contribution in [3.63, 3.8) is 0 Å². The Labute approximate surface area is 134 Å². The molecule has 23 heavy (non-hydrogen) atoms. The van der Waals surface area contributed by atoms with Gasteiger partial charge in [-0.1, -0.05) is 18.2 Å². The molecule has 1 aromatic carbocycles. The highest BCUT2D eigenvalue weighted by Gasteiger charge is 2.23. The summed E-state index contributed by atoms with van der Waals surface area (Å²) >= 11 is 0. The van der Waals surface area contributed by atoms with Crippen molar-refractivity contribution < 1.29 is 14.6 Å². The lowest BCUT2D eigenvalue weighted by atomic mass is 10.1. The first kappa shape index (κ1) is 15.5. The molecular formula is C17H19N3O3. The van der Waals surface area contributed by atoms with Gasteiger partial charge in [0, 0.05) is 24.2 Å². The summed E-state index contributed by atoms with van der Waals surface area (Å²) in [6.07, 6.45) is -0.654. The fourth-order valence-corrected chi connectivity index (χ4v) is 3.03. The van der Waals surface area contributed by atoms with Crippen LogP contribution in [0.1, 0.15) is 11.3 Å². The lowest BCUT2D eigenvalue weighted by molar-refractivity contribution is -0.132. The quantitative estimate of drug-likeness (QED) is 0.898. The third kappa shape index (κ3) is 2.93. The van der Waals surface area contributed by atoms with Gasteiger partial charge in [-0.2, -0.15) is 5.26 Å². The minimum Gasteiger partial charge on any atom is -0.389 e. The summed E-state index contributed by atoms with van der Waals surface area (Å²) in [5.41, 5.74) is 2.27. The van der Waals surface area contributed by atoms with E-state index >= 15 is 0 Å². The second kappa shape index (κ2) is 6.41. The number of hydrogen-bond donors (Lipinski definition) is 1. The first-order chi connectivity index (χ1) is 11.1. The molecule has 0 spiro atoms. The maximum absolute atomic E-state index is 12.6. The smallest absolute Gasteiger partial charge is 0.242 e. The highest BCUT2D eigenvalue weighted by Crippen LogP contribution is 2.25. The van der Waals surface area contributed by atoms with Gasteiger partial charge in [0.15, 0.2) is 0 Å². The van der Waals surface area contributed by atoms with Gasteiger partial charge in [-0.05, 0) is 13.0 Å². The Morgan fingerprint density at radius 3 is 3.04 bits per heavy atom. The van der Waals surface area contributed by atoms with E-state index in [1.54, 1.807) is 4.90 Å². The van der Waals surface area contributed by atoms with Gasteiger partial charge in [-0.3, -0.25) is 4.79 Å². The molecule has 1 N–H and O–H groups in total. The van der Waals surface area contributed by atoms with Gasteiger partial charge in [-0.25, -0.2) is 0 Å². The summed E-state index contributed by atoms with van der Waals surface area (Å²) in [7, 11) is 0. The number of aliphatic hydroxyl groups is 1. The zero-order chi connectivity index (χ0) is 16.4. The van der Waals surface area contributed by atoms with Gasteiger partial charge in [0.1, 0.15) is 12.6 Å². The van der Waals surface area contributed by atoms with E-state index in [1.165, 1.54) is 0 Å². The fraction of sp³-hybridized carbons (Fsp3) is 0.412. The summed E-state index contributed by atoms with van der Waals surface area (Å²) in [6.45, 7) is 3.44. The Bertz CT molecular complexity index is 775. The minimum atomic E-state index is -0.654. The Morgan fingerprint density at radius 1 is 1.48 bits per heavy atom. The zero-order valence-electron chi connectivity index (χ0n) is 13.0. The monoisotopic (exact) mass is 313 g/mol. The van der Waals surface area contributed by atoms with Crippen molar-refractivity contribution in [3.05, 3.63) is 35.5 Å². The number of nitriles is 1. The normalized spacial score (nSPS) is 18.7. The van der Waals surface area contributed by atoms with Crippen LogP contribution in [0.2, 0.25) is 0 Å². The third-order valence-electron chi connectivity index (χ3n) is 4.24. The largest absolute Gasteiger partial charge is 0.389 e. The van der Waals surface area contributed by atoms with Gasteiger partial charge in [0.2, 0.25) is 5.91 Å². The van der Waals surface area contributed by atoms with E-state index in [0.717, 1.165) is 16.6 Å². The highest BCUT2D eigenvalue weighted by atomic mass is 16.5. The van der Waals surface area contributed by atoms with E-state index in [4.69, 9.17) is 4.74 Å². The first-order valence-electron chi connectivity index (χ1n) is 7.63. The number of aliphatic hydroxyl groups excluding tert-OH is 1. The van der Waals surface area contributed by atoms with Gasteiger partial charge in [0.05, 0.1) is 30.4 Å². The standard InChI is InChI=1S/C17H19N3O3/c1-12-15(8-18)14-4-2-3-5-16(14)20(12)10-17(22)19-6-7-23-11-13(21)9-19/h2-5,13,21H,6-7,9-11H2,1H3. The number of carbonyl (C=O) groups excluding carboxylic acids is 1. The molecule has 0 saturated carbocycles. The van der Waals surface area contributed by atoms with Crippen molar-refractivity contribution >= 4 is 16.8 Å². The number of β-amino-alcohol motifs (C(OH)–C–C–N with tert-alkyl or cyclic N) is 1. The van der Waals surface area contributed by atoms with Crippen LogP contribution in [0.3, 0.4) is 0 Å². The molecule has 1 aliphatic rings. The molecular weight excluding hydrogens is 294 g/mol. The number of para-hydroxylation sites is 1. The van der Waals surface area contributed by atoms with Crippen LogP contribution in [-0.4, -0.2) is 52.9 Å². The van der Waals surface area contributed by atoms with Crippen molar-refractivity contribution in [2.75, 3.05) is 26.3 Å². The third-order valence-corrected chi connectivity index (χ3v) is 4.24. The number of aromatic nitrogens is 1. The average Bonchev–Trinajstić information content (AvgIpc) is 2.69. The van der Waals surface area contributed by atoms with Crippen LogP contribution in [0.5, 0.6) is 0 Å². The van der Waals surface area contributed by atoms with E-state index in [9.17, 15) is 15.2 Å². The molecule has 1 saturated heterocycles. The van der Waals surface area contributed by atoms with Gasteiger partial charge in [0.25, 0.3) is 0 Å². The van der Waals surface area contributed by atoms with Crippen molar-refractivity contribution in [1.29, 1.82) is 5.26 Å². The number of benzene rings is 1. The molecule has 0 aliphatic carbocycles. The summed E-state index contributed by atoms with van der Waals surface area (Å²) in [5.74, 6) is -0.0807. The molecule has 2 aromatic rings. The van der Waals surface area contributed by atoms with Crippen LogP contribution in [0, 0.1) is 18.3 Å². The first-order valence-corrected chi connectivity index (χ1v) is 7.63. The Morgan fingerprint density at radius 2 is 2.26 bits per heavy atom. The molecule has 1 aromatic heterocycles. The lowest BCUT2D eigenvalue weighted by Crippen LogP contribution is -2.39. The van der Waals surface area contributed by atoms with Gasteiger partial charge in [-0.15, -0.1) is 0 Å². The number of ether oxygens (including phenoxy) is 1. The van der Waals surface area contributed by atoms with E-state index in [0.29, 0.717) is 18.7 Å². The maximum Gasteiger partial charge on any atom is 0.242 e. The second-order valence-corrected chi connectivity index (χ2v) is 5.74. The predicted octanol–water partition coefficient (Wildman–Crippen LogP) is 1.04. The van der Waals surface area contributed by atoms with E-state index in [-0.39, 0.29) is 25.6 Å². The Hall–Kier alpha value is -2.36. The maximum atomic E-state index is 12.6. The number of amides is 1. The van der Waals surface area contributed by atoms with Crippen LogP contribution in [0.4, 0.5) is 0 Å². The average molecular weight is 313 g/mol. The predicted molar refractivity (Wildman–Crippen MR) is 84.8 cm³/mol. The number of fused-ring (bicyclic) bond motifs is 1. The molecule has 1 aliphatic heterocycles. The van der Waals surface area contributed by atoms with Crippen LogP contribution >= 0.6 is 0 Å². The molecule has 2 heterocycles. The number of rotatable bonds is 2.